The van der Waals surface area contributed by atoms with Crippen molar-refractivity contribution in [1.82, 2.24) is 0 Å². The van der Waals surface area contributed by atoms with Gasteiger partial charge in [-0.25, -0.2) is 0 Å². The Labute approximate surface area is 139 Å². The summed E-state index contributed by atoms with van der Waals surface area (Å²) in [5, 5.41) is 3.43. The Kier molecular flexibility index (Phi) is 4.26. The zero-order valence-electron chi connectivity index (χ0n) is 13.2. The largest absolute Gasteiger partial charge is 0.497 e. The van der Waals surface area contributed by atoms with Gasteiger partial charge in [-0.05, 0) is 47.9 Å². The number of anilines is 1. The maximum atomic E-state index is 12.7. The molecule has 1 aliphatic rings. The second-order valence-corrected chi connectivity index (χ2v) is 5.86. The van der Waals surface area contributed by atoms with E-state index in [4.69, 9.17) is 4.74 Å². The normalized spacial score (nSPS) is 17.8. The van der Waals surface area contributed by atoms with Gasteiger partial charge in [0.1, 0.15) is 5.75 Å². The lowest BCUT2D eigenvalue weighted by molar-refractivity contribution is -0.137. The molecule has 2 nitrogen and oxygen atoms in total. The first-order valence-electron chi connectivity index (χ1n) is 7.65. The average Bonchev–Trinajstić information content (AvgIpc) is 2.97. The lowest BCUT2D eigenvalue weighted by Gasteiger charge is -2.22. The second-order valence-electron chi connectivity index (χ2n) is 5.86. The predicted molar refractivity (Wildman–Crippen MR) is 88.5 cm³/mol. The van der Waals surface area contributed by atoms with Gasteiger partial charge in [0.25, 0.3) is 0 Å². The minimum atomic E-state index is -4.32. The molecule has 0 aromatic heterocycles. The van der Waals surface area contributed by atoms with Crippen molar-refractivity contribution >= 4 is 5.69 Å². The lowest BCUT2D eigenvalue weighted by Crippen LogP contribution is -2.23. The van der Waals surface area contributed by atoms with E-state index >= 15 is 0 Å². The number of ether oxygens (including phenoxy) is 1. The number of rotatable bonds is 4. The third-order valence-electron chi connectivity index (χ3n) is 4.40. The molecule has 2 aromatic rings. The van der Waals surface area contributed by atoms with Crippen LogP contribution in [0.15, 0.2) is 55.1 Å². The first kappa shape index (κ1) is 16.4. The van der Waals surface area contributed by atoms with E-state index in [1.54, 1.807) is 13.2 Å². The molecule has 0 spiro atoms. The smallest absolute Gasteiger partial charge is 0.416 e. The molecule has 0 saturated heterocycles. The minimum Gasteiger partial charge on any atom is -0.497 e. The molecule has 0 saturated carbocycles. The standard InChI is InChI=1S/C19H18F3NO/c1-3-16(12-4-6-14(7-5-12)19(20,21)22)18-11-13-10-15(24-2)8-9-17(13)23-18/h3-10,16,18,23H,1,11H2,2H3/t16-,18-/m0/s1. The highest BCUT2D eigenvalue weighted by molar-refractivity contribution is 5.60. The number of halogens is 3. The number of hydrogen-bond donors (Lipinski definition) is 1. The molecule has 0 fully saturated rings. The van der Waals surface area contributed by atoms with Crippen molar-refractivity contribution in [3.05, 3.63) is 71.8 Å². The molecule has 0 aliphatic carbocycles. The maximum absolute atomic E-state index is 12.7. The monoisotopic (exact) mass is 333 g/mol. The van der Waals surface area contributed by atoms with Gasteiger partial charge in [-0.15, -0.1) is 6.58 Å². The first-order chi connectivity index (χ1) is 11.4. The zero-order chi connectivity index (χ0) is 17.3. The Morgan fingerprint density at radius 3 is 2.50 bits per heavy atom. The Morgan fingerprint density at radius 1 is 1.21 bits per heavy atom. The molecule has 24 heavy (non-hydrogen) atoms. The van der Waals surface area contributed by atoms with E-state index in [1.165, 1.54) is 12.1 Å². The van der Waals surface area contributed by atoms with Gasteiger partial charge in [0.2, 0.25) is 0 Å². The van der Waals surface area contributed by atoms with Crippen molar-refractivity contribution in [3.8, 4) is 5.75 Å². The van der Waals surface area contributed by atoms with E-state index in [0.29, 0.717) is 0 Å². The van der Waals surface area contributed by atoms with Crippen LogP contribution in [0.5, 0.6) is 5.75 Å². The lowest BCUT2D eigenvalue weighted by atomic mass is 9.89. The van der Waals surface area contributed by atoms with Crippen LogP contribution in [0.4, 0.5) is 18.9 Å². The van der Waals surface area contributed by atoms with Crippen LogP contribution >= 0.6 is 0 Å². The highest BCUT2D eigenvalue weighted by atomic mass is 19.4. The molecule has 126 valence electrons. The van der Waals surface area contributed by atoms with E-state index in [0.717, 1.165) is 41.1 Å². The molecular weight excluding hydrogens is 315 g/mol. The third kappa shape index (κ3) is 3.11. The molecule has 2 aromatic carbocycles. The predicted octanol–water partition coefficient (Wildman–Crippen LogP) is 5.02. The van der Waals surface area contributed by atoms with Crippen molar-refractivity contribution in [2.45, 2.75) is 24.6 Å². The van der Waals surface area contributed by atoms with Gasteiger partial charge in [-0.1, -0.05) is 18.2 Å². The molecule has 3 rings (SSSR count). The van der Waals surface area contributed by atoms with Gasteiger partial charge >= 0.3 is 6.18 Å². The molecule has 1 aliphatic heterocycles. The summed E-state index contributed by atoms with van der Waals surface area (Å²) in [5.41, 5.74) is 2.34. The highest BCUT2D eigenvalue weighted by Gasteiger charge is 2.31. The highest BCUT2D eigenvalue weighted by Crippen LogP contribution is 2.37. The Morgan fingerprint density at radius 2 is 1.92 bits per heavy atom. The van der Waals surface area contributed by atoms with Crippen LogP contribution < -0.4 is 10.1 Å². The summed E-state index contributed by atoms with van der Waals surface area (Å²) in [6.45, 7) is 3.86. The van der Waals surface area contributed by atoms with E-state index in [2.05, 4.69) is 11.9 Å². The van der Waals surface area contributed by atoms with Crippen molar-refractivity contribution < 1.29 is 17.9 Å². The Balaban J connectivity index is 1.82. The van der Waals surface area contributed by atoms with E-state index in [1.807, 2.05) is 18.2 Å². The Hall–Kier alpha value is -2.43. The van der Waals surface area contributed by atoms with Crippen molar-refractivity contribution in [3.63, 3.8) is 0 Å². The Bertz CT molecular complexity index is 737. The van der Waals surface area contributed by atoms with Gasteiger partial charge in [0.05, 0.1) is 12.7 Å². The first-order valence-corrected chi connectivity index (χ1v) is 7.65. The molecule has 0 amide bonds. The summed E-state index contributed by atoms with van der Waals surface area (Å²) in [4.78, 5) is 0. The van der Waals surface area contributed by atoms with Crippen molar-refractivity contribution in [2.75, 3.05) is 12.4 Å². The van der Waals surface area contributed by atoms with Crippen LogP contribution in [0.1, 0.15) is 22.6 Å². The molecule has 0 unspecified atom stereocenters. The van der Waals surface area contributed by atoms with Crippen molar-refractivity contribution in [1.29, 1.82) is 0 Å². The van der Waals surface area contributed by atoms with Crippen molar-refractivity contribution in [2.24, 2.45) is 0 Å². The molecule has 5 heteroatoms. The molecule has 1 N–H and O–H groups in total. The fraction of sp³-hybridized carbons (Fsp3) is 0.263. The van der Waals surface area contributed by atoms with Crippen LogP contribution in [0, 0.1) is 0 Å². The van der Waals surface area contributed by atoms with Gasteiger partial charge in [-0.3, -0.25) is 0 Å². The van der Waals surface area contributed by atoms with Gasteiger partial charge < -0.3 is 10.1 Å². The molecular formula is C19H18F3NO. The zero-order valence-corrected chi connectivity index (χ0v) is 13.2. The molecule has 1 heterocycles. The fourth-order valence-corrected chi connectivity index (χ4v) is 3.14. The molecule has 2 atom stereocenters. The second kappa shape index (κ2) is 6.23. The number of alkyl halides is 3. The number of methoxy groups -OCH3 is 1. The van der Waals surface area contributed by atoms with Crippen LogP contribution in [0.25, 0.3) is 0 Å². The van der Waals surface area contributed by atoms with E-state index < -0.39 is 11.7 Å². The quantitative estimate of drug-likeness (QED) is 0.793. The SMILES string of the molecule is C=C[C@@H](c1ccc(C(F)(F)F)cc1)[C@@H]1Cc2cc(OC)ccc2N1. The number of hydrogen-bond acceptors (Lipinski definition) is 2. The van der Waals surface area contributed by atoms with Gasteiger partial charge in [-0.2, -0.15) is 13.2 Å². The topological polar surface area (TPSA) is 21.3 Å². The van der Waals surface area contributed by atoms with Crippen LogP contribution in [-0.2, 0) is 12.6 Å². The van der Waals surface area contributed by atoms with Gasteiger partial charge in [0, 0.05) is 17.6 Å². The van der Waals surface area contributed by atoms with Crippen LogP contribution in [-0.4, -0.2) is 13.2 Å². The molecule has 0 bridgehead atoms. The van der Waals surface area contributed by atoms with Gasteiger partial charge in [0.15, 0.2) is 0 Å². The summed E-state index contributed by atoms with van der Waals surface area (Å²) in [5.74, 6) is 0.714. The van der Waals surface area contributed by atoms with Crippen LogP contribution in [0.2, 0.25) is 0 Å². The number of nitrogens with one attached hydrogen (secondary N) is 1. The molecule has 0 radical (unpaired) electrons. The average molecular weight is 333 g/mol. The summed E-state index contributed by atoms with van der Waals surface area (Å²) < 4.78 is 43.4. The number of fused-ring (bicyclic) bond motifs is 1. The summed E-state index contributed by atoms with van der Waals surface area (Å²) in [7, 11) is 1.62. The summed E-state index contributed by atoms with van der Waals surface area (Å²) >= 11 is 0. The minimum absolute atomic E-state index is 0.0568. The fourth-order valence-electron chi connectivity index (χ4n) is 3.14. The third-order valence-corrected chi connectivity index (χ3v) is 4.40. The maximum Gasteiger partial charge on any atom is 0.416 e. The number of benzene rings is 2. The van der Waals surface area contributed by atoms with Crippen LogP contribution in [0.3, 0.4) is 0 Å². The summed E-state index contributed by atoms with van der Waals surface area (Å²) in [6.07, 6.45) is -1.77. The van der Waals surface area contributed by atoms with E-state index in [-0.39, 0.29) is 12.0 Å². The summed E-state index contributed by atoms with van der Waals surface area (Å²) in [6, 6.07) is 11.2. The van der Waals surface area contributed by atoms with E-state index in [9.17, 15) is 13.2 Å².